The maximum Gasteiger partial charge on any atom is 0.410 e. The lowest BCUT2D eigenvalue weighted by atomic mass is 10.1. The molecule has 2 aliphatic heterocycles. The van der Waals surface area contributed by atoms with E-state index < -0.39 is 17.2 Å². The molecule has 0 N–H and O–H groups in total. The van der Waals surface area contributed by atoms with E-state index in [-0.39, 0.29) is 34.9 Å². The molecule has 216 valence electrons. The Balaban J connectivity index is 0.000000546. The molecular weight excluding hydrogens is 518 g/mol. The topological polar surface area (TPSA) is 83.9 Å². The highest BCUT2D eigenvalue weighted by Gasteiger charge is 2.32. The zero-order valence-electron chi connectivity index (χ0n) is 24.1. The molecule has 4 heterocycles. The van der Waals surface area contributed by atoms with E-state index in [1.807, 2.05) is 32.6 Å². The second-order valence-electron chi connectivity index (χ2n) is 11.2. The van der Waals surface area contributed by atoms with E-state index in [4.69, 9.17) is 9.47 Å². The molecule has 1 aromatic carbocycles. The molecule has 0 radical (unpaired) electrons. The number of carbonyl (C=O) groups is 1. The molecule has 0 bridgehead atoms. The first kappa shape index (κ1) is 29.4. The van der Waals surface area contributed by atoms with E-state index in [1.54, 1.807) is 11.0 Å². The molecule has 1 unspecified atom stereocenters. The van der Waals surface area contributed by atoms with E-state index in [1.165, 1.54) is 57.4 Å². The van der Waals surface area contributed by atoms with E-state index in [0.29, 0.717) is 30.8 Å². The van der Waals surface area contributed by atoms with Crippen molar-refractivity contribution in [2.24, 2.45) is 0 Å². The van der Waals surface area contributed by atoms with Crippen LogP contribution in [-0.2, 0) is 4.74 Å². The summed E-state index contributed by atoms with van der Waals surface area (Å²) in [4.78, 5) is 31.3. The molecule has 1 atom stereocenters. The number of pyridine rings is 1. The lowest BCUT2D eigenvalue weighted by Crippen LogP contribution is -2.54. The van der Waals surface area contributed by atoms with E-state index in [9.17, 15) is 9.18 Å². The van der Waals surface area contributed by atoms with Crippen molar-refractivity contribution in [2.45, 2.75) is 52.2 Å². The number of hydrogen-bond donors (Lipinski definition) is 0. The van der Waals surface area contributed by atoms with E-state index >= 15 is 4.39 Å². The van der Waals surface area contributed by atoms with Gasteiger partial charge in [0.15, 0.2) is 5.82 Å². The number of halogens is 2. The van der Waals surface area contributed by atoms with Crippen LogP contribution in [0.25, 0.3) is 22.2 Å². The van der Waals surface area contributed by atoms with Crippen molar-refractivity contribution < 1.29 is 23.0 Å². The molecule has 9 nitrogen and oxygen atoms in total. The van der Waals surface area contributed by atoms with Crippen molar-refractivity contribution in [3.05, 3.63) is 42.1 Å². The Labute approximate surface area is 234 Å². The number of methoxy groups -OCH3 is 1. The Morgan fingerprint density at radius 1 is 1.05 bits per heavy atom. The Morgan fingerprint density at radius 3 is 2.33 bits per heavy atom. The second-order valence-corrected chi connectivity index (χ2v) is 11.2. The number of likely N-dealkylation sites (tertiary alicyclic amines) is 1. The van der Waals surface area contributed by atoms with Crippen LogP contribution in [0.5, 0.6) is 6.01 Å². The lowest BCUT2D eigenvalue weighted by Gasteiger charge is -2.41. The Morgan fingerprint density at radius 2 is 1.75 bits per heavy atom. The zero-order chi connectivity index (χ0) is 29.0. The van der Waals surface area contributed by atoms with E-state index in [0.717, 1.165) is 0 Å². The summed E-state index contributed by atoms with van der Waals surface area (Å²) in [6.07, 6.45) is 3.89. The first-order valence-corrected chi connectivity index (χ1v) is 13.6. The molecule has 0 saturated carbocycles. The number of nitrogens with zero attached hydrogens (tertiary/aromatic N) is 6. The van der Waals surface area contributed by atoms with Crippen LogP contribution in [0.15, 0.2) is 30.5 Å². The van der Waals surface area contributed by atoms with Gasteiger partial charge in [0.25, 0.3) is 0 Å². The lowest BCUT2D eigenvalue weighted by molar-refractivity contribution is 0.0218. The van der Waals surface area contributed by atoms with Crippen LogP contribution in [0, 0.1) is 11.6 Å². The SMILES string of the molecule is CN1CCCC1.COc1nc(N2CCN(C(=O)OC(C)(C)C)CC2C)c2cnc(-c3ccccc3F)c(F)c2n1. The molecule has 2 fully saturated rings. The summed E-state index contributed by atoms with van der Waals surface area (Å²) in [6.45, 7) is 11.3. The van der Waals surface area contributed by atoms with Gasteiger partial charge in [-0.1, -0.05) is 12.1 Å². The van der Waals surface area contributed by atoms with Crippen LogP contribution in [0.3, 0.4) is 0 Å². The molecule has 1 amide bonds. The number of benzene rings is 1. The van der Waals surface area contributed by atoms with Gasteiger partial charge in [0, 0.05) is 37.4 Å². The highest BCUT2D eigenvalue weighted by molar-refractivity contribution is 5.92. The largest absolute Gasteiger partial charge is 0.467 e. The highest BCUT2D eigenvalue weighted by Crippen LogP contribution is 2.34. The first-order chi connectivity index (χ1) is 19.0. The number of hydrogen-bond acceptors (Lipinski definition) is 8. The number of aromatic nitrogens is 3. The van der Waals surface area contributed by atoms with Crippen molar-refractivity contribution in [2.75, 3.05) is 51.8 Å². The Kier molecular flexibility index (Phi) is 9.02. The minimum Gasteiger partial charge on any atom is -0.467 e. The van der Waals surface area contributed by atoms with Crippen molar-refractivity contribution in [3.8, 4) is 17.3 Å². The zero-order valence-corrected chi connectivity index (χ0v) is 24.1. The monoisotopic (exact) mass is 556 g/mol. The number of rotatable bonds is 3. The number of ether oxygens (including phenoxy) is 2. The normalized spacial score (nSPS) is 17.9. The van der Waals surface area contributed by atoms with Crippen molar-refractivity contribution in [1.82, 2.24) is 24.8 Å². The first-order valence-electron chi connectivity index (χ1n) is 13.6. The van der Waals surface area contributed by atoms with Gasteiger partial charge < -0.3 is 24.2 Å². The number of carbonyl (C=O) groups excluding carboxylic acids is 1. The third-order valence-electron chi connectivity index (χ3n) is 6.84. The molecular formula is C29H38F2N6O3. The third kappa shape index (κ3) is 6.75. The Bertz CT molecular complexity index is 1340. The van der Waals surface area contributed by atoms with Crippen LogP contribution in [0.4, 0.5) is 19.4 Å². The summed E-state index contributed by atoms with van der Waals surface area (Å²) >= 11 is 0. The van der Waals surface area contributed by atoms with Gasteiger partial charge in [-0.15, -0.1) is 0 Å². The van der Waals surface area contributed by atoms with Crippen LogP contribution in [0.1, 0.15) is 40.5 Å². The van der Waals surface area contributed by atoms with E-state index in [2.05, 4.69) is 26.9 Å². The molecule has 40 heavy (non-hydrogen) atoms. The van der Waals surface area contributed by atoms with Gasteiger partial charge in [-0.25, -0.2) is 13.6 Å². The van der Waals surface area contributed by atoms with Crippen LogP contribution >= 0.6 is 0 Å². The average molecular weight is 557 g/mol. The van der Waals surface area contributed by atoms with Gasteiger partial charge in [-0.2, -0.15) is 9.97 Å². The predicted octanol–water partition coefficient (Wildman–Crippen LogP) is 5.14. The standard InChI is InChI=1S/C24H27F2N5O3.C5H11N/c1-14-13-30(23(32)34-24(2,3)4)10-11-31(14)21-16-12-27-19(15-8-6-7-9-17(15)25)18(26)20(16)28-22(29-21)33-5;1-6-4-2-3-5-6/h6-9,12,14H,10-11,13H2,1-5H3;2-5H2,1H3. The molecule has 3 aromatic rings. The Hall–Kier alpha value is -3.60. The summed E-state index contributed by atoms with van der Waals surface area (Å²) < 4.78 is 40.6. The second kappa shape index (κ2) is 12.3. The smallest absolute Gasteiger partial charge is 0.410 e. The van der Waals surface area contributed by atoms with Gasteiger partial charge in [-0.3, -0.25) is 4.98 Å². The van der Waals surface area contributed by atoms with Crippen LogP contribution in [0.2, 0.25) is 0 Å². The minimum atomic E-state index is -0.760. The third-order valence-corrected chi connectivity index (χ3v) is 6.84. The van der Waals surface area contributed by atoms with Crippen molar-refractivity contribution in [1.29, 1.82) is 0 Å². The molecule has 2 aromatic heterocycles. The predicted molar refractivity (Wildman–Crippen MR) is 151 cm³/mol. The number of piperazine rings is 1. The summed E-state index contributed by atoms with van der Waals surface area (Å²) in [5.74, 6) is -0.907. The van der Waals surface area contributed by atoms with Crippen LogP contribution < -0.4 is 9.64 Å². The van der Waals surface area contributed by atoms with Gasteiger partial charge in [0.2, 0.25) is 0 Å². The molecule has 2 saturated heterocycles. The van der Waals surface area contributed by atoms with Crippen LogP contribution in [-0.4, -0.2) is 89.4 Å². The van der Waals surface area contributed by atoms with Crippen molar-refractivity contribution in [3.63, 3.8) is 0 Å². The fourth-order valence-corrected chi connectivity index (χ4v) is 4.81. The van der Waals surface area contributed by atoms with Crippen molar-refractivity contribution >= 4 is 22.8 Å². The molecule has 11 heteroatoms. The van der Waals surface area contributed by atoms with Gasteiger partial charge in [-0.05, 0) is 72.8 Å². The maximum absolute atomic E-state index is 15.6. The average Bonchev–Trinajstić information content (AvgIpc) is 3.39. The maximum atomic E-state index is 15.6. The molecule has 0 aliphatic carbocycles. The highest BCUT2D eigenvalue weighted by atomic mass is 19.1. The minimum absolute atomic E-state index is 0.0168. The number of amides is 1. The van der Waals surface area contributed by atoms with Gasteiger partial charge >= 0.3 is 12.1 Å². The van der Waals surface area contributed by atoms with Gasteiger partial charge in [0.05, 0.1) is 12.5 Å². The number of fused-ring (bicyclic) bond motifs is 1. The van der Waals surface area contributed by atoms with Gasteiger partial charge in [0.1, 0.15) is 28.4 Å². The molecule has 5 rings (SSSR count). The molecule has 2 aliphatic rings. The summed E-state index contributed by atoms with van der Waals surface area (Å²) in [5, 5.41) is 0.371. The quantitative estimate of drug-likeness (QED) is 0.439. The summed E-state index contributed by atoms with van der Waals surface area (Å²) in [5.41, 5.74) is -0.704. The summed E-state index contributed by atoms with van der Waals surface area (Å²) in [7, 11) is 3.57. The number of anilines is 1. The molecule has 0 spiro atoms. The fourth-order valence-electron chi connectivity index (χ4n) is 4.81. The summed E-state index contributed by atoms with van der Waals surface area (Å²) in [6, 6.07) is 5.68. The fraction of sp³-hybridized carbons (Fsp3) is 0.517.